The highest BCUT2D eigenvalue weighted by molar-refractivity contribution is 5.96. The standard InChI is InChI=1S/C12H24O3.C7H10O2.C4H8O3/c1-3-5-6-8-11(13)9-7-10-12(14)15-4-2;1-2-5-3-4-6(8)7(5)9;1-3(5)2-4(6)7/h11,13H,3-10H2,1-2H3;9H,2-4H2,1H3;3,5H,2H2,1H3,(H,6,7). The molecule has 0 aliphatic heterocycles. The topological polar surface area (TPSA) is 141 Å². The van der Waals surface area contributed by atoms with Gasteiger partial charge in [0.2, 0.25) is 0 Å². The summed E-state index contributed by atoms with van der Waals surface area (Å²) in [5.74, 6) is -1.18. The van der Waals surface area contributed by atoms with Crippen molar-refractivity contribution in [3.63, 3.8) is 0 Å². The highest BCUT2D eigenvalue weighted by Crippen LogP contribution is 2.22. The van der Waals surface area contributed by atoms with Crippen LogP contribution < -0.4 is 0 Å². The van der Waals surface area contributed by atoms with Gasteiger partial charge >= 0.3 is 11.9 Å². The molecule has 0 bridgehead atoms. The van der Waals surface area contributed by atoms with Crippen LogP contribution in [-0.4, -0.2) is 57.0 Å². The van der Waals surface area contributed by atoms with Crippen LogP contribution in [0.2, 0.25) is 0 Å². The van der Waals surface area contributed by atoms with E-state index in [0.29, 0.717) is 25.9 Å². The van der Waals surface area contributed by atoms with Crippen LogP contribution in [0.25, 0.3) is 0 Å². The predicted octanol–water partition coefficient (Wildman–Crippen LogP) is 4.07. The Bertz CT molecular complexity index is 540. The van der Waals surface area contributed by atoms with E-state index >= 15 is 0 Å². The van der Waals surface area contributed by atoms with Gasteiger partial charge in [0.1, 0.15) is 0 Å². The van der Waals surface area contributed by atoms with E-state index in [2.05, 4.69) is 6.92 Å². The van der Waals surface area contributed by atoms with Gasteiger partial charge < -0.3 is 25.2 Å². The third-order valence-electron chi connectivity index (χ3n) is 4.51. The number of Topliss-reactive ketones (excluding diaryl/α,β-unsaturated/α-hetero) is 1. The van der Waals surface area contributed by atoms with Crippen molar-refractivity contribution in [2.75, 3.05) is 6.61 Å². The normalized spacial score (nSPS) is 14.7. The maximum absolute atomic E-state index is 11.0. The van der Waals surface area contributed by atoms with E-state index < -0.39 is 12.1 Å². The molecule has 0 aromatic carbocycles. The second-order valence-corrected chi connectivity index (χ2v) is 7.52. The zero-order valence-corrected chi connectivity index (χ0v) is 19.6. The first kappa shape index (κ1) is 31.3. The number of unbranched alkanes of at least 4 members (excludes halogenated alkanes) is 2. The maximum atomic E-state index is 11.0. The Labute approximate surface area is 186 Å². The Morgan fingerprint density at radius 1 is 1.03 bits per heavy atom. The van der Waals surface area contributed by atoms with Crippen molar-refractivity contribution in [2.45, 2.75) is 111 Å². The van der Waals surface area contributed by atoms with E-state index in [-0.39, 0.29) is 30.0 Å². The number of hydrogen-bond donors (Lipinski definition) is 4. The second kappa shape index (κ2) is 20.0. The van der Waals surface area contributed by atoms with Crippen molar-refractivity contribution in [1.82, 2.24) is 0 Å². The number of rotatable bonds is 12. The van der Waals surface area contributed by atoms with Crippen molar-refractivity contribution in [1.29, 1.82) is 0 Å². The van der Waals surface area contributed by atoms with Gasteiger partial charge in [-0.2, -0.15) is 0 Å². The van der Waals surface area contributed by atoms with Crippen molar-refractivity contribution in [3.8, 4) is 0 Å². The van der Waals surface area contributed by atoms with Gasteiger partial charge in [-0.1, -0.05) is 33.1 Å². The Morgan fingerprint density at radius 3 is 2.00 bits per heavy atom. The summed E-state index contributed by atoms with van der Waals surface area (Å²) in [6.45, 7) is 7.78. The Kier molecular flexibility index (Phi) is 20.2. The van der Waals surface area contributed by atoms with Crippen molar-refractivity contribution in [2.24, 2.45) is 0 Å². The fourth-order valence-corrected chi connectivity index (χ4v) is 2.78. The zero-order chi connectivity index (χ0) is 24.2. The lowest BCUT2D eigenvalue weighted by Gasteiger charge is -2.09. The van der Waals surface area contributed by atoms with E-state index in [1.54, 1.807) is 6.92 Å². The molecule has 182 valence electrons. The van der Waals surface area contributed by atoms with Crippen LogP contribution in [0.1, 0.15) is 98.3 Å². The number of carbonyl (C=O) groups excluding carboxylic acids is 2. The Morgan fingerprint density at radius 2 is 1.65 bits per heavy atom. The summed E-state index contributed by atoms with van der Waals surface area (Å²) in [5, 5.41) is 34.8. The van der Waals surface area contributed by atoms with Gasteiger partial charge in [-0.3, -0.25) is 14.4 Å². The highest BCUT2D eigenvalue weighted by Gasteiger charge is 2.20. The molecule has 1 rings (SSSR count). The van der Waals surface area contributed by atoms with Gasteiger partial charge in [0, 0.05) is 12.8 Å². The quantitative estimate of drug-likeness (QED) is 0.260. The van der Waals surface area contributed by atoms with Crippen LogP contribution in [0.15, 0.2) is 11.3 Å². The summed E-state index contributed by atoms with van der Waals surface area (Å²) >= 11 is 0. The van der Waals surface area contributed by atoms with E-state index in [4.69, 9.17) is 20.1 Å². The molecular formula is C23H42O8. The smallest absolute Gasteiger partial charge is 0.305 e. The first-order valence-corrected chi connectivity index (χ1v) is 11.3. The summed E-state index contributed by atoms with van der Waals surface area (Å²) in [6.07, 6.45) is 7.10. The lowest BCUT2D eigenvalue weighted by Crippen LogP contribution is -2.09. The predicted molar refractivity (Wildman–Crippen MR) is 119 cm³/mol. The molecule has 4 N–H and O–H groups in total. The van der Waals surface area contributed by atoms with Crippen LogP contribution >= 0.6 is 0 Å². The number of aliphatic carboxylic acids is 1. The lowest BCUT2D eigenvalue weighted by atomic mass is 10.1. The summed E-state index contributed by atoms with van der Waals surface area (Å²) in [5.41, 5.74) is 0.917. The van der Waals surface area contributed by atoms with Gasteiger partial charge in [-0.15, -0.1) is 0 Å². The van der Waals surface area contributed by atoms with Crippen LogP contribution in [0, 0.1) is 0 Å². The number of carbonyl (C=O) groups is 3. The summed E-state index contributed by atoms with van der Waals surface area (Å²) in [4.78, 5) is 31.3. The van der Waals surface area contributed by atoms with Gasteiger partial charge in [-0.25, -0.2) is 0 Å². The third kappa shape index (κ3) is 19.8. The van der Waals surface area contributed by atoms with Gasteiger partial charge in [0.05, 0.1) is 25.2 Å². The van der Waals surface area contributed by atoms with Crippen LogP contribution in [0.4, 0.5) is 0 Å². The highest BCUT2D eigenvalue weighted by atomic mass is 16.5. The molecular weight excluding hydrogens is 404 g/mol. The Hall–Kier alpha value is -1.93. The van der Waals surface area contributed by atoms with Gasteiger partial charge in [-0.05, 0) is 51.5 Å². The minimum Gasteiger partial charge on any atom is -0.504 e. The van der Waals surface area contributed by atoms with E-state index in [1.165, 1.54) is 19.8 Å². The number of ether oxygens (including phenoxy) is 1. The largest absolute Gasteiger partial charge is 0.504 e. The number of aliphatic hydroxyl groups is 3. The van der Waals surface area contributed by atoms with E-state index in [1.807, 2.05) is 6.92 Å². The molecule has 31 heavy (non-hydrogen) atoms. The average molecular weight is 447 g/mol. The third-order valence-corrected chi connectivity index (χ3v) is 4.51. The minimum atomic E-state index is -0.963. The zero-order valence-electron chi connectivity index (χ0n) is 19.6. The van der Waals surface area contributed by atoms with Crippen LogP contribution in [-0.2, 0) is 19.1 Å². The number of allylic oxidation sites excluding steroid dienone is 2. The molecule has 0 aromatic heterocycles. The first-order chi connectivity index (χ1) is 14.6. The molecule has 0 saturated heterocycles. The first-order valence-electron chi connectivity index (χ1n) is 11.3. The second-order valence-electron chi connectivity index (χ2n) is 7.52. The number of hydrogen-bond acceptors (Lipinski definition) is 7. The molecule has 1 aliphatic carbocycles. The molecule has 8 heteroatoms. The van der Waals surface area contributed by atoms with Crippen LogP contribution in [0.3, 0.4) is 0 Å². The number of aliphatic hydroxyl groups excluding tert-OH is 3. The molecule has 0 aromatic rings. The molecule has 2 atom stereocenters. The summed E-state index contributed by atoms with van der Waals surface area (Å²) < 4.78 is 4.80. The minimum absolute atomic E-state index is 0.0255. The molecule has 0 radical (unpaired) electrons. The van der Waals surface area contributed by atoms with Crippen molar-refractivity contribution < 1.29 is 39.5 Å². The van der Waals surface area contributed by atoms with Crippen molar-refractivity contribution >= 4 is 17.7 Å². The molecule has 0 fully saturated rings. The molecule has 0 amide bonds. The number of esters is 1. The SMILES string of the molecule is CC(O)CC(=O)O.CCC1=C(O)C(=O)CC1.CCCCCC(O)CCCC(=O)OCC. The molecule has 8 nitrogen and oxygen atoms in total. The maximum Gasteiger partial charge on any atom is 0.305 e. The average Bonchev–Trinajstić information content (AvgIpc) is 3.00. The molecule has 2 unspecified atom stereocenters. The fraction of sp³-hybridized carbons (Fsp3) is 0.783. The summed E-state index contributed by atoms with van der Waals surface area (Å²) in [6, 6.07) is 0. The van der Waals surface area contributed by atoms with E-state index in [9.17, 15) is 19.5 Å². The summed E-state index contributed by atoms with van der Waals surface area (Å²) in [7, 11) is 0. The number of carboxylic acids is 1. The molecule has 1 aliphatic rings. The number of carboxylic acid groups (broad SMARTS) is 1. The lowest BCUT2D eigenvalue weighted by molar-refractivity contribution is -0.143. The van der Waals surface area contributed by atoms with Gasteiger partial charge in [0.15, 0.2) is 11.5 Å². The van der Waals surface area contributed by atoms with E-state index in [0.717, 1.165) is 37.7 Å². The van der Waals surface area contributed by atoms with Crippen LogP contribution in [0.5, 0.6) is 0 Å². The number of ketones is 1. The monoisotopic (exact) mass is 446 g/mol. The molecule has 0 heterocycles. The fourth-order valence-electron chi connectivity index (χ4n) is 2.78. The van der Waals surface area contributed by atoms with Gasteiger partial charge in [0.25, 0.3) is 0 Å². The Balaban J connectivity index is 0. The van der Waals surface area contributed by atoms with Crippen molar-refractivity contribution in [3.05, 3.63) is 11.3 Å². The molecule has 0 spiro atoms. The molecule has 0 saturated carbocycles.